The van der Waals surface area contributed by atoms with E-state index in [4.69, 9.17) is 4.98 Å². The minimum atomic E-state index is 0.796. The molecule has 1 aliphatic rings. The Morgan fingerprint density at radius 2 is 0.828 bits per heavy atom. The number of hydrogen-bond acceptors (Lipinski definition) is 2. The molecule has 2 heterocycles. The zero-order chi connectivity index (χ0) is 38.2. The van der Waals surface area contributed by atoms with E-state index in [1.54, 1.807) is 0 Å². The van der Waals surface area contributed by atoms with Crippen molar-refractivity contribution in [3.63, 3.8) is 0 Å². The van der Waals surface area contributed by atoms with Gasteiger partial charge in [0, 0.05) is 28.6 Å². The van der Waals surface area contributed by atoms with Crippen molar-refractivity contribution in [2.75, 3.05) is 11.9 Å². The molecule has 0 amide bonds. The molecule has 1 aliphatic heterocycles. The molecule has 0 saturated carbocycles. The van der Waals surface area contributed by atoms with Crippen LogP contribution in [0.1, 0.15) is 11.1 Å². The van der Waals surface area contributed by atoms with Gasteiger partial charge in [-0.1, -0.05) is 164 Å². The average Bonchev–Trinajstić information content (AvgIpc) is 3.30. The van der Waals surface area contributed by atoms with E-state index in [1.165, 1.54) is 93.1 Å². The van der Waals surface area contributed by atoms with Crippen LogP contribution in [0.5, 0.6) is 0 Å². The summed E-state index contributed by atoms with van der Waals surface area (Å²) in [5.74, 6) is 0. The largest absolute Gasteiger partial charge is 0.380 e. The second-order valence-electron chi connectivity index (χ2n) is 15.5. The van der Waals surface area contributed by atoms with E-state index in [-0.39, 0.29) is 0 Å². The van der Waals surface area contributed by atoms with Crippen molar-refractivity contribution < 1.29 is 0 Å². The first-order valence-electron chi connectivity index (χ1n) is 20.1. The third-order valence-corrected chi connectivity index (χ3v) is 12.2. The molecule has 2 heteroatoms. The molecular formula is C56H36N2. The maximum Gasteiger partial charge on any atom is 0.0794 e. The summed E-state index contributed by atoms with van der Waals surface area (Å²) in [6, 6.07) is 71.1. The summed E-state index contributed by atoms with van der Waals surface area (Å²) < 4.78 is 0. The van der Waals surface area contributed by atoms with Gasteiger partial charge in [0.25, 0.3) is 0 Å². The Labute approximate surface area is 336 Å². The van der Waals surface area contributed by atoms with E-state index < -0.39 is 0 Å². The van der Waals surface area contributed by atoms with Crippen molar-refractivity contribution >= 4 is 82.1 Å². The second kappa shape index (κ2) is 13.0. The summed E-state index contributed by atoms with van der Waals surface area (Å²) in [5.41, 5.74) is 12.8. The third kappa shape index (κ3) is 5.16. The monoisotopic (exact) mass is 736 g/mol. The summed E-state index contributed by atoms with van der Waals surface area (Å²) >= 11 is 0. The molecule has 0 fully saturated rings. The van der Waals surface area contributed by atoms with Gasteiger partial charge in [0.2, 0.25) is 0 Å². The molecule has 0 radical (unpaired) electrons. The van der Waals surface area contributed by atoms with E-state index in [9.17, 15) is 0 Å². The molecule has 12 rings (SSSR count). The summed E-state index contributed by atoms with van der Waals surface area (Å²) in [4.78, 5) is 5.59. The van der Waals surface area contributed by atoms with Gasteiger partial charge in [-0.25, -0.2) is 4.98 Å². The van der Waals surface area contributed by atoms with Crippen LogP contribution in [0.4, 0.5) is 5.69 Å². The number of aromatic nitrogens is 1. The van der Waals surface area contributed by atoms with Crippen molar-refractivity contribution in [3.8, 4) is 33.5 Å². The van der Waals surface area contributed by atoms with Crippen LogP contribution in [-0.4, -0.2) is 11.5 Å². The first-order chi connectivity index (χ1) is 28.7. The fourth-order valence-corrected chi connectivity index (χ4v) is 9.45. The van der Waals surface area contributed by atoms with E-state index in [0.717, 1.165) is 34.1 Å². The van der Waals surface area contributed by atoms with E-state index in [1.807, 2.05) is 0 Å². The Hall–Kier alpha value is -7.55. The highest BCUT2D eigenvalue weighted by atomic mass is 14.9. The summed E-state index contributed by atoms with van der Waals surface area (Å²) in [6.07, 6.45) is 2.31. The Kier molecular flexibility index (Phi) is 7.33. The van der Waals surface area contributed by atoms with Crippen LogP contribution in [0, 0.1) is 0 Å². The molecule has 10 aromatic carbocycles. The van der Waals surface area contributed by atoms with Gasteiger partial charge in [0.15, 0.2) is 0 Å². The van der Waals surface area contributed by atoms with Gasteiger partial charge in [-0.05, 0) is 124 Å². The molecular weight excluding hydrogens is 701 g/mol. The van der Waals surface area contributed by atoms with Crippen LogP contribution in [0.15, 0.2) is 194 Å². The maximum atomic E-state index is 5.59. The highest BCUT2D eigenvalue weighted by molar-refractivity contribution is 6.23. The van der Waals surface area contributed by atoms with Gasteiger partial charge in [0.05, 0.1) is 11.2 Å². The number of pyridine rings is 1. The molecule has 11 aromatic rings. The first kappa shape index (κ1) is 32.7. The van der Waals surface area contributed by atoms with Crippen LogP contribution < -0.4 is 5.32 Å². The number of fused-ring (bicyclic) bond motifs is 10. The van der Waals surface area contributed by atoms with Gasteiger partial charge in [0.1, 0.15) is 0 Å². The van der Waals surface area contributed by atoms with Crippen molar-refractivity contribution in [2.45, 2.75) is 0 Å². The lowest BCUT2D eigenvalue weighted by Gasteiger charge is -2.20. The van der Waals surface area contributed by atoms with Crippen molar-refractivity contribution in [3.05, 3.63) is 205 Å². The number of hydrogen-bond donors (Lipinski definition) is 1. The van der Waals surface area contributed by atoms with Gasteiger partial charge < -0.3 is 5.32 Å². The average molecular weight is 737 g/mol. The molecule has 0 aliphatic carbocycles. The molecule has 270 valence electrons. The highest BCUT2D eigenvalue weighted by Crippen LogP contribution is 2.45. The number of para-hydroxylation sites is 1. The predicted octanol–water partition coefficient (Wildman–Crippen LogP) is 15.0. The summed E-state index contributed by atoms with van der Waals surface area (Å²) in [6.45, 7) is 0.796. The molecule has 1 N–H and O–H groups in total. The Bertz CT molecular complexity index is 3500. The van der Waals surface area contributed by atoms with E-state index >= 15 is 0 Å². The lowest BCUT2D eigenvalue weighted by Crippen LogP contribution is -2.09. The van der Waals surface area contributed by atoms with Crippen molar-refractivity contribution in [2.24, 2.45) is 0 Å². The smallest absolute Gasteiger partial charge is 0.0794 e. The fraction of sp³-hybridized carbons (Fsp3) is 0.0179. The van der Waals surface area contributed by atoms with Crippen molar-refractivity contribution in [1.29, 1.82) is 0 Å². The molecule has 0 bridgehead atoms. The molecule has 0 saturated heterocycles. The molecule has 0 atom stereocenters. The summed E-state index contributed by atoms with van der Waals surface area (Å²) in [5, 5.41) is 17.1. The van der Waals surface area contributed by atoms with Gasteiger partial charge in [-0.3, -0.25) is 0 Å². The SMILES string of the molecule is C1=C(c2ccc(-c3cc(-c4cc5ccccc5c5ccccc45)c4cc(-c5cc6ccccc6c6ccccc56)c5ccccc5c4n3)cc2)CNc2ccccc21. The Morgan fingerprint density at radius 3 is 1.47 bits per heavy atom. The zero-order valence-electron chi connectivity index (χ0n) is 31.7. The van der Waals surface area contributed by atoms with Gasteiger partial charge in [-0.2, -0.15) is 0 Å². The van der Waals surface area contributed by atoms with Crippen molar-refractivity contribution in [1.82, 2.24) is 4.98 Å². The number of nitrogens with one attached hydrogen (secondary N) is 1. The minimum Gasteiger partial charge on any atom is -0.380 e. The number of benzene rings is 10. The Balaban J connectivity index is 1.15. The molecule has 0 spiro atoms. The zero-order valence-corrected chi connectivity index (χ0v) is 31.7. The maximum absolute atomic E-state index is 5.59. The number of rotatable bonds is 4. The van der Waals surface area contributed by atoms with Crippen LogP contribution >= 0.6 is 0 Å². The Morgan fingerprint density at radius 1 is 0.362 bits per heavy atom. The van der Waals surface area contributed by atoms with Gasteiger partial charge >= 0.3 is 0 Å². The standard InChI is InChI=1S/C56H36N2/c1-4-16-41-37(13-1)30-49(45-20-8-6-18-43(41)45)51-32-53-52(50-31-38-14-2-5-17-42(38)44-19-7-9-21-46(44)50)33-55(58-56(53)48-23-11-10-22-47(48)51)36-27-25-35(26-28-36)40-29-39-15-3-12-24-54(39)57-34-40/h1-33,57H,34H2. The predicted molar refractivity (Wildman–Crippen MR) is 248 cm³/mol. The molecule has 2 nitrogen and oxygen atoms in total. The molecule has 58 heavy (non-hydrogen) atoms. The highest BCUT2D eigenvalue weighted by Gasteiger charge is 2.20. The van der Waals surface area contributed by atoms with E-state index in [0.29, 0.717) is 0 Å². The van der Waals surface area contributed by atoms with Crippen LogP contribution in [0.25, 0.3) is 110 Å². The number of anilines is 1. The lowest BCUT2D eigenvalue weighted by atomic mass is 9.86. The van der Waals surface area contributed by atoms with Crippen LogP contribution in [0.2, 0.25) is 0 Å². The normalized spacial score (nSPS) is 12.7. The second-order valence-corrected chi connectivity index (χ2v) is 15.5. The third-order valence-electron chi connectivity index (χ3n) is 12.2. The fourth-order valence-electron chi connectivity index (χ4n) is 9.45. The summed E-state index contributed by atoms with van der Waals surface area (Å²) in [7, 11) is 0. The minimum absolute atomic E-state index is 0.796. The van der Waals surface area contributed by atoms with Crippen LogP contribution in [0.3, 0.4) is 0 Å². The van der Waals surface area contributed by atoms with Crippen LogP contribution in [-0.2, 0) is 0 Å². The quantitative estimate of drug-likeness (QED) is 0.182. The van der Waals surface area contributed by atoms with Gasteiger partial charge in [-0.15, -0.1) is 0 Å². The molecule has 0 unspecified atom stereocenters. The number of nitrogens with zero attached hydrogens (tertiary/aromatic N) is 1. The lowest BCUT2D eigenvalue weighted by molar-refractivity contribution is 1.31. The molecule has 1 aromatic heterocycles. The van der Waals surface area contributed by atoms with E-state index in [2.05, 4.69) is 206 Å². The topological polar surface area (TPSA) is 24.9 Å². The first-order valence-corrected chi connectivity index (χ1v) is 20.1.